The third-order valence-corrected chi connectivity index (χ3v) is 4.02. The molecule has 19 heavy (non-hydrogen) atoms. The Labute approximate surface area is 114 Å². The van der Waals surface area contributed by atoms with Gasteiger partial charge in [-0.3, -0.25) is 4.79 Å². The number of rotatable bonds is 3. The molecule has 1 aromatic rings. The lowest BCUT2D eigenvalue weighted by Gasteiger charge is -2.26. The molecule has 0 saturated heterocycles. The first kappa shape index (κ1) is 13.9. The van der Waals surface area contributed by atoms with Gasteiger partial charge in [-0.15, -0.1) is 0 Å². The number of phenolic OH excluding ortho intramolecular Hbond substituents is 1. The molecule has 0 radical (unpaired) electrons. The van der Waals surface area contributed by atoms with E-state index < -0.39 is 0 Å². The molecule has 2 rings (SSSR count). The number of phenols is 1. The lowest BCUT2D eigenvalue weighted by molar-refractivity contribution is -0.121. The van der Waals surface area contributed by atoms with Crippen molar-refractivity contribution in [3.8, 4) is 5.75 Å². The third kappa shape index (κ3) is 3.47. The van der Waals surface area contributed by atoms with E-state index in [1.54, 1.807) is 18.2 Å². The zero-order valence-corrected chi connectivity index (χ0v) is 11.4. The first-order valence-electron chi connectivity index (χ1n) is 6.90. The van der Waals surface area contributed by atoms with Gasteiger partial charge in [-0.1, -0.05) is 0 Å². The number of hydrogen-bond acceptors (Lipinski definition) is 3. The molecule has 0 spiro atoms. The molecule has 4 N–H and O–H groups in total. The minimum atomic E-state index is 0.0839. The van der Waals surface area contributed by atoms with Gasteiger partial charge in [0.2, 0.25) is 5.91 Å². The SMILES string of the molecule is Cc1cc(NC(=O)C2CCC(CN)CC2)ccc1O. The molecule has 1 saturated carbocycles. The number of carbonyl (C=O) groups is 1. The maximum absolute atomic E-state index is 12.2. The highest BCUT2D eigenvalue weighted by Gasteiger charge is 2.25. The molecule has 1 fully saturated rings. The number of aryl methyl sites for hydroxylation is 1. The summed E-state index contributed by atoms with van der Waals surface area (Å²) in [6.07, 6.45) is 3.93. The highest BCUT2D eigenvalue weighted by atomic mass is 16.3. The number of anilines is 1. The van der Waals surface area contributed by atoms with Crippen molar-refractivity contribution in [3.63, 3.8) is 0 Å². The average Bonchev–Trinajstić information content (AvgIpc) is 2.43. The monoisotopic (exact) mass is 262 g/mol. The number of carbonyl (C=O) groups excluding carboxylic acids is 1. The summed E-state index contributed by atoms with van der Waals surface area (Å²) < 4.78 is 0. The van der Waals surface area contributed by atoms with Gasteiger partial charge in [0, 0.05) is 11.6 Å². The minimum absolute atomic E-state index is 0.0839. The highest BCUT2D eigenvalue weighted by Crippen LogP contribution is 2.29. The van der Waals surface area contributed by atoms with E-state index >= 15 is 0 Å². The molecule has 0 aromatic heterocycles. The Morgan fingerprint density at radius 2 is 2.05 bits per heavy atom. The Morgan fingerprint density at radius 3 is 2.63 bits per heavy atom. The zero-order valence-electron chi connectivity index (χ0n) is 11.4. The fourth-order valence-electron chi connectivity index (χ4n) is 2.64. The summed E-state index contributed by atoms with van der Waals surface area (Å²) >= 11 is 0. The van der Waals surface area contributed by atoms with Crippen molar-refractivity contribution in [1.82, 2.24) is 0 Å². The standard InChI is InChI=1S/C15H22N2O2/c1-10-8-13(6-7-14(10)18)17-15(19)12-4-2-11(9-16)3-5-12/h6-8,11-12,18H,2-5,9,16H2,1H3,(H,17,19). The molecule has 4 heteroatoms. The summed E-state index contributed by atoms with van der Waals surface area (Å²) in [6, 6.07) is 5.13. The minimum Gasteiger partial charge on any atom is -0.508 e. The molecule has 0 bridgehead atoms. The van der Waals surface area contributed by atoms with E-state index in [2.05, 4.69) is 5.32 Å². The summed E-state index contributed by atoms with van der Waals surface area (Å²) in [7, 11) is 0. The van der Waals surface area contributed by atoms with Gasteiger partial charge < -0.3 is 16.2 Å². The van der Waals surface area contributed by atoms with Crippen molar-refractivity contribution in [2.75, 3.05) is 11.9 Å². The van der Waals surface area contributed by atoms with Crippen LogP contribution in [0.15, 0.2) is 18.2 Å². The van der Waals surface area contributed by atoms with Gasteiger partial charge in [-0.25, -0.2) is 0 Å². The predicted octanol–water partition coefficient (Wildman–Crippen LogP) is 2.40. The fourth-order valence-corrected chi connectivity index (χ4v) is 2.64. The van der Waals surface area contributed by atoms with Gasteiger partial charge in [-0.05, 0) is 68.8 Å². The average molecular weight is 262 g/mol. The second-order valence-electron chi connectivity index (χ2n) is 5.44. The van der Waals surface area contributed by atoms with Crippen LogP contribution in [0.5, 0.6) is 5.75 Å². The number of hydrogen-bond donors (Lipinski definition) is 3. The molecule has 0 unspecified atom stereocenters. The van der Waals surface area contributed by atoms with Gasteiger partial charge in [0.15, 0.2) is 0 Å². The molecule has 1 aliphatic carbocycles. The smallest absolute Gasteiger partial charge is 0.227 e. The molecule has 4 nitrogen and oxygen atoms in total. The molecule has 104 valence electrons. The van der Waals surface area contributed by atoms with E-state index in [0.29, 0.717) is 5.92 Å². The Bertz CT molecular complexity index is 451. The summed E-state index contributed by atoms with van der Waals surface area (Å²) in [5.41, 5.74) is 7.17. The largest absolute Gasteiger partial charge is 0.508 e. The molecule has 0 heterocycles. The lowest BCUT2D eigenvalue weighted by atomic mass is 9.81. The maximum Gasteiger partial charge on any atom is 0.227 e. The normalized spacial score (nSPS) is 23.1. The number of nitrogens with two attached hydrogens (primary N) is 1. The van der Waals surface area contributed by atoms with Crippen LogP contribution in [0.1, 0.15) is 31.2 Å². The Hall–Kier alpha value is -1.55. The quantitative estimate of drug-likeness (QED) is 0.732. The summed E-state index contributed by atoms with van der Waals surface area (Å²) in [6.45, 7) is 2.54. The Balaban J connectivity index is 1.92. The Morgan fingerprint density at radius 1 is 1.37 bits per heavy atom. The van der Waals surface area contributed by atoms with Crippen molar-refractivity contribution in [1.29, 1.82) is 0 Å². The van der Waals surface area contributed by atoms with Crippen LogP contribution in [0.3, 0.4) is 0 Å². The molecule has 1 aliphatic rings. The van der Waals surface area contributed by atoms with Crippen LogP contribution in [-0.2, 0) is 4.79 Å². The van der Waals surface area contributed by atoms with Crippen molar-refractivity contribution in [2.24, 2.45) is 17.6 Å². The van der Waals surface area contributed by atoms with E-state index in [9.17, 15) is 9.90 Å². The second-order valence-corrected chi connectivity index (χ2v) is 5.44. The van der Waals surface area contributed by atoms with E-state index in [1.807, 2.05) is 6.92 Å². The second kappa shape index (κ2) is 6.06. The van der Waals surface area contributed by atoms with Crippen LogP contribution in [0.2, 0.25) is 0 Å². The molecule has 0 atom stereocenters. The Kier molecular flexibility index (Phi) is 4.43. The molecular weight excluding hydrogens is 240 g/mol. The van der Waals surface area contributed by atoms with Gasteiger partial charge in [0.05, 0.1) is 0 Å². The van der Waals surface area contributed by atoms with Gasteiger partial charge in [0.25, 0.3) is 0 Å². The van der Waals surface area contributed by atoms with Gasteiger partial charge >= 0.3 is 0 Å². The van der Waals surface area contributed by atoms with E-state index in [1.165, 1.54) is 0 Å². The number of aromatic hydroxyl groups is 1. The lowest BCUT2D eigenvalue weighted by Crippen LogP contribution is -2.29. The van der Waals surface area contributed by atoms with Crippen molar-refractivity contribution in [3.05, 3.63) is 23.8 Å². The van der Waals surface area contributed by atoms with E-state index in [4.69, 9.17) is 5.73 Å². The van der Waals surface area contributed by atoms with Crippen molar-refractivity contribution < 1.29 is 9.90 Å². The highest BCUT2D eigenvalue weighted by molar-refractivity contribution is 5.92. The van der Waals surface area contributed by atoms with Crippen LogP contribution in [0.4, 0.5) is 5.69 Å². The maximum atomic E-state index is 12.2. The third-order valence-electron chi connectivity index (χ3n) is 4.02. The fraction of sp³-hybridized carbons (Fsp3) is 0.533. The topological polar surface area (TPSA) is 75.4 Å². The molecule has 1 aromatic carbocycles. The van der Waals surface area contributed by atoms with Crippen LogP contribution in [-0.4, -0.2) is 17.6 Å². The van der Waals surface area contributed by atoms with Crippen molar-refractivity contribution in [2.45, 2.75) is 32.6 Å². The van der Waals surface area contributed by atoms with E-state index in [-0.39, 0.29) is 17.6 Å². The van der Waals surface area contributed by atoms with Gasteiger partial charge in [0.1, 0.15) is 5.75 Å². The molecule has 1 amide bonds. The van der Waals surface area contributed by atoms with Crippen LogP contribution in [0.25, 0.3) is 0 Å². The summed E-state index contributed by atoms with van der Waals surface area (Å²) in [5, 5.41) is 12.4. The number of nitrogens with one attached hydrogen (secondary N) is 1. The predicted molar refractivity (Wildman–Crippen MR) is 76.0 cm³/mol. The summed E-state index contributed by atoms with van der Waals surface area (Å²) in [5.74, 6) is 1.01. The molecule has 0 aliphatic heterocycles. The van der Waals surface area contributed by atoms with Crippen molar-refractivity contribution >= 4 is 11.6 Å². The first-order chi connectivity index (χ1) is 9.10. The van der Waals surface area contributed by atoms with Crippen LogP contribution in [0, 0.1) is 18.8 Å². The summed E-state index contributed by atoms with van der Waals surface area (Å²) in [4.78, 5) is 12.2. The first-order valence-corrected chi connectivity index (χ1v) is 6.90. The van der Waals surface area contributed by atoms with E-state index in [0.717, 1.165) is 43.5 Å². The van der Waals surface area contributed by atoms with Gasteiger partial charge in [-0.2, -0.15) is 0 Å². The van der Waals surface area contributed by atoms with Crippen LogP contribution >= 0.6 is 0 Å². The number of amides is 1. The number of benzene rings is 1. The molecular formula is C15H22N2O2. The van der Waals surface area contributed by atoms with Crippen LogP contribution < -0.4 is 11.1 Å². The zero-order chi connectivity index (χ0) is 13.8.